The van der Waals surface area contributed by atoms with Crippen LogP contribution in [0.1, 0.15) is 18.7 Å². The number of aryl methyl sites for hydroxylation is 1. The van der Waals surface area contributed by atoms with Gasteiger partial charge in [-0.05, 0) is 18.8 Å². The molecule has 1 aromatic heterocycles. The van der Waals surface area contributed by atoms with E-state index in [1.54, 1.807) is 13.8 Å². The van der Waals surface area contributed by atoms with Gasteiger partial charge in [-0.15, -0.1) is 0 Å². The van der Waals surface area contributed by atoms with Gasteiger partial charge >= 0.3 is 5.82 Å². The van der Waals surface area contributed by atoms with Gasteiger partial charge in [0.25, 0.3) is 0 Å². The summed E-state index contributed by atoms with van der Waals surface area (Å²) in [6, 6.07) is 2.82. The van der Waals surface area contributed by atoms with Crippen LogP contribution in [-0.4, -0.2) is 14.7 Å². The molecule has 1 rings (SSSR count). The zero-order chi connectivity index (χ0) is 10.0. The summed E-state index contributed by atoms with van der Waals surface area (Å²) in [7, 11) is 0. The minimum absolute atomic E-state index is 0.223. The minimum atomic E-state index is -0.576. The molecule has 1 heterocycles. The van der Waals surface area contributed by atoms with Gasteiger partial charge in [-0.3, -0.25) is 0 Å². The normalized spacial score (nSPS) is 12.1. The summed E-state index contributed by atoms with van der Waals surface area (Å²) in [5, 5.41) is 22.6. The molecule has 1 unspecified atom stereocenters. The van der Waals surface area contributed by atoms with Crippen LogP contribution < -0.4 is 0 Å². The monoisotopic (exact) mass is 180 g/mol. The van der Waals surface area contributed by atoms with Crippen molar-refractivity contribution in [2.75, 3.05) is 0 Å². The average molecular weight is 180 g/mol. The number of hydrogen-bond acceptors (Lipinski definition) is 4. The fourth-order valence-corrected chi connectivity index (χ4v) is 1.01. The van der Waals surface area contributed by atoms with Crippen molar-refractivity contribution >= 4 is 5.82 Å². The van der Waals surface area contributed by atoms with Gasteiger partial charge in [-0.1, -0.05) is 0 Å². The molecule has 0 aromatic carbocycles. The Labute approximate surface area is 74.5 Å². The zero-order valence-electron chi connectivity index (χ0n) is 7.26. The van der Waals surface area contributed by atoms with E-state index in [0.29, 0.717) is 5.69 Å². The lowest BCUT2D eigenvalue weighted by molar-refractivity contribution is -0.389. The molecule has 0 bridgehead atoms. The maximum Gasteiger partial charge on any atom is 0.390 e. The summed E-state index contributed by atoms with van der Waals surface area (Å²) >= 11 is 0. The molecule has 6 nitrogen and oxygen atoms in total. The van der Waals surface area contributed by atoms with Crippen LogP contribution in [0.15, 0.2) is 6.07 Å². The van der Waals surface area contributed by atoms with E-state index in [-0.39, 0.29) is 5.82 Å². The number of aromatic nitrogens is 2. The van der Waals surface area contributed by atoms with Crippen molar-refractivity contribution in [2.45, 2.75) is 19.9 Å². The van der Waals surface area contributed by atoms with Crippen LogP contribution >= 0.6 is 0 Å². The van der Waals surface area contributed by atoms with Crippen molar-refractivity contribution in [3.8, 4) is 6.07 Å². The summed E-state index contributed by atoms with van der Waals surface area (Å²) in [5.74, 6) is -0.223. The smallest absolute Gasteiger partial charge is 0.358 e. The Morgan fingerprint density at radius 1 is 1.85 bits per heavy atom. The second-order valence-electron chi connectivity index (χ2n) is 2.65. The Morgan fingerprint density at radius 3 is 2.85 bits per heavy atom. The lowest BCUT2D eigenvalue weighted by Crippen LogP contribution is -2.06. The van der Waals surface area contributed by atoms with Crippen LogP contribution in [-0.2, 0) is 0 Å². The van der Waals surface area contributed by atoms with Crippen molar-refractivity contribution in [1.82, 2.24) is 9.78 Å². The van der Waals surface area contributed by atoms with E-state index in [1.807, 2.05) is 6.07 Å². The number of hydrogen-bond donors (Lipinski definition) is 0. The van der Waals surface area contributed by atoms with E-state index >= 15 is 0 Å². The van der Waals surface area contributed by atoms with Crippen molar-refractivity contribution in [3.63, 3.8) is 0 Å². The Bertz CT molecular complexity index is 376. The lowest BCUT2D eigenvalue weighted by Gasteiger charge is -1.98. The highest BCUT2D eigenvalue weighted by molar-refractivity contribution is 5.22. The first-order valence-electron chi connectivity index (χ1n) is 3.66. The molecule has 68 valence electrons. The number of rotatable bonds is 2. The molecule has 1 aromatic rings. The van der Waals surface area contributed by atoms with Crippen LogP contribution in [0.5, 0.6) is 0 Å². The standard InChI is InChI=1S/C7H8N4O2/c1-5-3-7(11(12)13)9-10(5)6(2)4-8/h3,6H,1-2H3. The molecule has 0 amide bonds. The second-order valence-corrected chi connectivity index (χ2v) is 2.65. The fourth-order valence-electron chi connectivity index (χ4n) is 1.01. The molecule has 13 heavy (non-hydrogen) atoms. The molecule has 0 N–H and O–H groups in total. The van der Waals surface area contributed by atoms with E-state index in [2.05, 4.69) is 5.10 Å². The maximum absolute atomic E-state index is 10.3. The largest absolute Gasteiger partial charge is 0.390 e. The molecule has 0 saturated carbocycles. The van der Waals surface area contributed by atoms with Crippen molar-refractivity contribution in [3.05, 3.63) is 21.9 Å². The van der Waals surface area contributed by atoms with Gasteiger partial charge in [0.1, 0.15) is 0 Å². The molecule has 1 atom stereocenters. The molecule has 0 fully saturated rings. The number of nitro groups is 1. The Balaban J connectivity index is 3.12. The number of nitrogens with zero attached hydrogens (tertiary/aromatic N) is 4. The Kier molecular flexibility index (Phi) is 2.28. The molecular formula is C7H8N4O2. The molecule has 0 aliphatic rings. The third-order valence-corrected chi connectivity index (χ3v) is 1.65. The molecule has 6 heteroatoms. The van der Waals surface area contributed by atoms with Crippen LogP contribution in [0.3, 0.4) is 0 Å². The molecule has 0 radical (unpaired) electrons. The summed E-state index contributed by atoms with van der Waals surface area (Å²) in [5.41, 5.74) is 0.612. The van der Waals surface area contributed by atoms with Gasteiger partial charge in [0.05, 0.1) is 22.9 Å². The molecule has 0 saturated heterocycles. The van der Waals surface area contributed by atoms with Crippen LogP contribution in [0.2, 0.25) is 0 Å². The summed E-state index contributed by atoms with van der Waals surface area (Å²) < 4.78 is 1.33. The summed E-state index contributed by atoms with van der Waals surface area (Å²) in [4.78, 5) is 9.75. The highest BCUT2D eigenvalue weighted by Gasteiger charge is 2.18. The van der Waals surface area contributed by atoms with Gasteiger partial charge < -0.3 is 10.1 Å². The van der Waals surface area contributed by atoms with Gasteiger partial charge in [-0.2, -0.15) is 9.94 Å². The zero-order valence-corrected chi connectivity index (χ0v) is 7.26. The Morgan fingerprint density at radius 2 is 2.46 bits per heavy atom. The quantitative estimate of drug-likeness (QED) is 0.505. The van der Waals surface area contributed by atoms with E-state index < -0.39 is 11.0 Å². The first-order chi connectivity index (χ1) is 6.06. The maximum atomic E-state index is 10.3. The van der Waals surface area contributed by atoms with E-state index in [0.717, 1.165) is 0 Å². The first-order valence-corrected chi connectivity index (χ1v) is 3.66. The van der Waals surface area contributed by atoms with Gasteiger partial charge in [0.2, 0.25) is 0 Å². The molecular weight excluding hydrogens is 172 g/mol. The predicted octanol–water partition coefficient (Wildman–Crippen LogP) is 1.18. The van der Waals surface area contributed by atoms with Crippen LogP contribution in [0.4, 0.5) is 5.82 Å². The predicted molar refractivity (Wildman–Crippen MR) is 43.9 cm³/mol. The fraction of sp³-hybridized carbons (Fsp3) is 0.429. The summed E-state index contributed by atoms with van der Waals surface area (Å²) in [6.45, 7) is 3.30. The Hall–Kier alpha value is -1.90. The van der Waals surface area contributed by atoms with Gasteiger partial charge in [-0.25, -0.2) is 0 Å². The van der Waals surface area contributed by atoms with Crippen molar-refractivity contribution in [1.29, 1.82) is 5.26 Å². The third kappa shape index (κ3) is 1.64. The first kappa shape index (κ1) is 9.19. The minimum Gasteiger partial charge on any atom is -0.358 e. The molecule has 0 aliphatic carbocycles. The highest BCUT2D eigenvalue weighted by Crippen LogP contribution is 2.14. The van der Waals surface area contributed by atoms with Crippen molar-refractivity contribution in [2.24, 2.45) is 0 Å². The van der Waals surface area contributed by atoms with Gasteiger partial charge in [0, 0.05) is 0 Å². The second kappa shape index (κ2) is 3.23. The average Bonchev–Trinajstić information content (AvgIpc) is 2.46. The van der Waals surface area contributed by atoms with E-state index in [4.69, 9.17) is 5.26 Å². The molecule has 0 spiro atoms. The van der Waals surface area contributed by atoms with Crippen LogP contribution in [0.25, 0.3) is 0 Å². The SMILES string of the molecule is Cc1cc([N+](=O)[O-])nn1C(C)C#N. The number of nitriles is 1. The lowest BCUT2D eigenvalue weighted by atomic mass is 10.3. The van der Waals surface area contributed by atoms with E-state index in [9.17, 15) is 10.1 Å². The highest BCUT2D eigenvalue weighted by atomic mass is 16.6. The molecule has 0 aliphatic heterocycles. The van der Waals surface area contributed by atoms with E-state index in [1.165, 1.54) is 10.7 Å². The summed E-state index contributed by atoms with van der Waals surface area (Å²) in [6.07, 6.45) is 0. The van der Waals surface area contributed by atoms with Crippen LogP contribution in [0, 0.1) is 28.4 Å². The van der Waals surface area contributed by atoms with Gasteiger partial charge in [0.15, 0.2) is 6.04 Å². The topological polar surface area (TPSA) is 84.8 Å². The third-order valence-electron chi connectivity index (χ3n) is 1.65. The van der Waals surface area contributed by atoms with Crippen molar-refractivity contribution < 1.29 is 4.92 Å².